The van der Waals surface area contributed by atoms with Gasteiger partial charge in [-0.3, -0.25) is 0 Å². The molecule has 0 amide bonds. The largest absolute Gasteiger partial charge is 0.478 e. The summed E-state index contributed by atoms with van der Waals surface area (Å²) in [5, 5.41) is 15.3. The Balaban J connectivity index is 1.83. The predicted molar refractivity (Wildman–Crippen MR) is 97.8 cm³/mol. The lowest BCUT2D eigenvalue weighted by atomic mass is 10.2. The molecule has 1 heterocycles. The zero-order valence-electron chi connectivity index (χ0n) is 13.7. The molecule has 0 aliphatic heterocycles. The van der Waals surface area contributed by atoms with Crippen LogP contribution in [0.15, 0.2) is 60.7 Å². The molecule has 0 saturated carbocycles. The van der Waals surface area contributed by atoms with Gasteiger partial charge in [0.1, 0.15) is 5.82 Å². The van der Waals surface area contributed by atoms with E-state index in [9.17, 15) is 4.79 Å². The molecule has 0 aliphatic rings. The average Bonchev–Trinajstić information content (AvgIpc) is 2.63. The SMILES string of the molecule is CCc1cc(Nc2ccc(C(=O)O)cc2)nc(Nc2ccccc2)n1. The van der Waals surface area contributed by atoms with Gasteiger partial charge in [0.05, 0.1) is 5.56 Å². The lowest BCUT2D eigenvalue weighted by molar-refractivity contribution is 0.0697. The van der Waals surface area contributed by atoms with E-state index in [0.717, 1.165) is 23.5 Å². The first-order valence-electron chi connectivity index (χ1n) is 7.94. The standard InChI is InChI=1S/C19H18N4O2/c1-2-14-12-17(20-16-10-8-13(9-11-16)18(24)25)23-19(21-14)22-15-6-4-3-5-7-15/h3-12H,2H2,1H3,(H,24,25)(H2,20,21,22,23). The third kappa shape index (κ3) is 4.32. The molecule has 126 valence electrons. The van der Waals surface area contributed by atoms with Gasteiger partial charge < -0.3 is 15.7 Å². The monoisotopic (exact) mass is 334 g/mol. The fourth-order valence-corrected chi connectivity index (χ4v) is 2.29. The Morgan fingerprint density at radius 1 is 0.960 bits per heavy atom. The molecule has 3 N–H and O–H groups in total. The van der Waals surface area contributed by atoms with Crippen molar-refractivity contribution < 1.29 is 9.90 Å². The third-order valence-corrected chi connectivity index (χ3v) is 3.58. The number of rotatable bonds is 6. The summed E-state index contributed by atoms with van der Waals surface area (Å²) in [6.07, 6.45) is 0.776. The van der Waals surface area contributed by atoms with Gasteiger partial charge in [0.15, 0.2) is 0 Å². The highest BCUT2D eigenvalue weighted by Crippen LogP contribution is 2.20. The highest BCUT2D eigenvalue weighted by Gasteiger charge is 2.06. The summed E-state index contributed by atoms with van der Waals surface area (Å²) in [6.45, 7) is 2.03. The molecule has 6 heteroatoms. The average molecular weight is 334 g/mol. The van der Waals surface area contributed by atoms with E-state index >= 15 is 0 Å². The molecular formula is C19H18N4O2. The number of aromatic carboxylic acids is 1. The zero-order chi connectivity index (χ0) is 17.6. The molecule has 3 rings (SSSR count). The topological polar surface area (TPSA) is 87.1 Å². The second kappa shape index (κ2) is 7.44. The van der Waals surface area contributed by atoms with Crippen molar-refractivity contribution in [3.63, 3.8) is 0 Å². The normalized spacial score (nSPS) is 10.3. The maximum atomic E-state index is 10.9. The van der Waals surface area contributed by atoms with Crippen molar-refractivity contribution in [2.75, 3.05) is 10.6 Å². The summed E-state index contributed by atoms with van der Waals surface area (Å²) in [4.78, 5) is 19.9. The fraction of sp³-hybridized carbons (Fsp3) is 0.105. The number of carbonyl (C=O) groups is 1. The van der Waals surface area contributed by atoms with Crippen LogP contribution in [0.4, 0.5) is 23.1 Å². The van der Waals surface area contributed by atoms with Crippen LogP contribution in [0, 0.1) is 0 Å². The number of aromatic nitrogens is 2. The number of anilines is 4. The molecule has 0 aliphatic carbocycles. The summed E-state index contributed by atoms with van der Waals surface area (Å²) in [5.41, 5.74) is 2.82. The van der Waals surface area contributed by atoms with E-state index < -0.39 is 5.97 Å². The molecule has 0 saturated heterocycles. The fourth-order valence-electron chi connectivity index (χ4n) is 2.29. The summed E-state index contributed by atoms with van der Waals surface area (Å²) in [6, 6.07) is 18.1. The molecule has 0 unspecified atom stereocenters. The lowest BCUT2D eigenvalue weighted by Gasteiger charge is -2.11. The van der Waals surface area contributed by atoms with Gasteiger partial charge in [-0.25, -0.2) is 9.78 Å². The van der Waals surface area contributed by atoms with Gasteiger partial charge in [0, 0.05) is 23.1 Å². The zero-order valence-corrected chi connectivity index (χ0v) is 13.7. The number of para-hydroxylation sites is 1. The summed E-state index contributed by atoms with van der Waals surface area (Å²) in [7, 11) is 0. The van der Waals surface area contributed by atoms with E-state index in [0.29, 0.717) is 11.8 Å². The number of aryl methyl sites for hydroxylation is 1. The van der Waals surface area contributed by atoms with Crippen LogP contribution in [0.1, 0.15) is 23.0 Å². The van der Waals surface area contributed by atoms with Gasteiger partial charge in [-0.15, -0.1) is 0 Å². The first-order valence-corrected chi connectivity index (χ1v) is 7.94. The molecule has 3 aromatic rings. The van der Waals surface area contributed by atoms with Crippen LogP contribution in [0.5, 0.6) is 0 Å². The second-order valence-electron chi connectivity index (χ2n) is 5.42. The summed E-state index contributed by atoms with van der Waals surface area (Å²) < 4.78 is 0. The van der Waals surface area contributed by atoms with Crippen LogP contribution in [0.3, 0.4) is 0 Å². The Bertz CT molecular complexity index is 864. The van der Waals surface area contributed by atoms with E-state index in [1.807, 2.05) is 43.3 Å². The van der Waals surface area contributed by atoms with E-state index in [2.05, 4.69) is 20.6 Å². The number of hydrogen-bond acceptors (Lipinski definition) is 5. The molecule has 0 bridgehead atoms. The number of nitrogens with one attached hydrogen (secondary N) is 2. The number of nitrogens with zero attached hydrogens (tertiary/aromatic N) is 2. The van der Waals surface area contributed by atoms with Crippen LogP contribution in [-0.2, 0) is 6.42 Å². The molecule has 0 radical (unpaired) electrons. The van der Waals surface area contributed by atoms with Crippen LogP contribution in [0.25, 0.3) is 0 Å². The minimum Gasteiger partial charge on any atom is -0.478 e. The van der Waals surface area contributed by atoms with Crippen molar-refractivity contribution in [3.05, 3.63) is 71.9 Å². The minimum absolute atomic E-state index is 0.244. The molecule has 25 heavy (non-hydrogen) atoms. The van der Waals surface area contributed by atoms with Gasteiger partial charge in [-0.1, -0.05) is 25.1 Å². The highest BCUT2D eigenvalue weighted by atomic mass is 16.4. The molecule has 0 atom stereocenters. The number of carboxylic acid groups (broad SMARTS) is 1. The quantitative estimate of drug-likeness (QED) is 0.625. The second-order valence-corrected chi connectivity index (χ2v) is 5.42. The first kappa shape index (κ1) is 16.4. The maximum Gasteiger partial charge on any atom is 0.335 e. The van der Waals surface area contributed by atoms with E-state index in [-0.39, 0.29) is 5.56 Å². The van der Waals surface area contributed by atoms with E-state index in [1.165, 1.54) is 0 Å². The van der Waals surface area contributed by atoms with Gasteiger partial charge in [-0.05, 0) is 42.8 Å². The number of carboxylic acids is 1. The highest BCUT2D eigenvalue weighted by molar-refractivity contribution is 5.88. The van der Waals surface area contributed by atoms with Crippen molar-refractivity contribution in [1.82, 2.24) is 9.97 Å². The Morgan fingerprint density at radius 2 is 1.64 bits per heavy atom. The Morgan fingerprint density at radius 3 is 2.28 bits per heavy atom. The smallest absolute Gasteiger partial charge is 0.335 e. The summed E-state index contributed by atoms with van der Waals surface area (Å²) in [5.74, 6) is 0.208. The molecule has 0 spiro atoms. The van der Waals surface area contributed by atoms with Crippen LogP contribution in [-0.4, -0.2) is 21.0 Å². The Hall–Kier alpha value is -3.41. The predicted octanol–water partition coefficient (Wildman–Crippen LogP) is 4.22. The van der Waals surface area contributed by atoms with Crippen molar-refractivity contribution in [2.24, 2.45) is 0 Å². The van der Waals surface area contributed by atoms with Crippen molar-refractivity contribution in [3.8, 4) is 0 Å². The molecule has 1 aromatic heterocycles. The van der Waals surface area contributed by atoms with Gasteiger partial charge in [0.2, 0.25) is 5.95 Å². The maximum absolute atomic E-state index is 10.9. The molecule has 6 nitrogen and oxygen atoms in total. The van der Waals surface area contributed by atoms with Gasteiger partial charge in [0.25, 0.3) is 0 Å². The van der Waals surface area contributed by atoms with Crippen LogP contribution >= 0.6 is 0 Å². The van der Waals surface area contributed by atoms with Gasteiger partial charge in [-0.2, -0.15) is 4.98 Å². The Kier molecular flexibility index (Phi) is 4.89. The Labute approximate surface area is 145 Å². The van der Waals surface area contributed by atoms with E-state index in [1.54, 1.807) is 24.3 Å². The van der Waals surface area contributed by atoms with Crippen molar-refractivity contribution in [2.45, 2.75) is 13.3 Å². The summed E-state index contributed by atoms with van der Waals surface area (Å²) >= 11 is 0. The van der Waals surface area contributed by atoms with E-state index in [4.69, 9.17) is 5.11 Å². The lowest BCUT2D eigenvalue weighted by Crippen LogP contribution is -2.04. The molecular weight excluding hydrogens is 316 g/mol. The van der Waals surface area contributed by atoms with Gasteiger partial charge >= 0.3 is 5.97 Å². The van der Waals surface area contributed by atoms with Crippen LogP contribution in [0.2, 0.25) is 0 Å². The first-order chi connectivity index (χ1) is 12.1. The minimum atomic E-state index is -0.948. The molecule has 2 aromatic carbocycles. The number of hydrogen-bond donors (Lipinski definition) is 3. The van der Waals surface area contributed by atoms with Crippen molar-refractivity contribution >= 4 is 29.1 Å². The third-order valence-electron chi connectivity index (χ3n) is 3.58. The van der Waals surface area contributed by atoms with Crippen LogP contribution < -0.4 is 10.6 Å². The molecule has 0 fully saturated rings. The van der Waals surface area contributed by atoms with Crippen molar-refractivity contribution in [1.29, 1.82) is 0 Å². The number of benzene rings is 2.